The Morgan fingerprint density at radius 2 is 2.27 bits per heavy atom. The van der Waals surface area contributed by atoms with Crippen LogP contribution in [-0.2, 0) is 10.3 Å². The molecule has 15 heavy (non-hydrogen) atoms. The number of amides is 1. The molecule has 1 aromatic heterocycles. The zero-order valence-electron chi connectivity index (χ0n) is 9.10. The second-order valence-electron chi connectivity index (χ2n) is 4.49. The van der Waals surface area contributed by atoms with E-state index in [1.54, 1.807) is 4.68 Å². The summed E-state index contributed by atoms with van der Waals surface area (Å²) < 4.78 is 1.65. The Morgan fingerprint density at radius 1 is 1.60 bits per heavy atom. The molecule has 5 nitrogen and oxygen atoms in total. The molecule has 1 fully saturated rings. The largest absolute Gasteiger partial charge is 0.368 e. The van der Waals surface area contributed by atoms with E-state index in [2.05, 4.69) is 10.3 Å². The van der Waals surface area contributed by atoms with Crippen molar-refractivity contribution in [1.29, 1.82) is 0 Å². The zero-order valence-corrected chi connectivity index (χ0v) is 9.10. The summed E-state index contributed by atoms with van der Waals surface area (Å²) >= 11 is 0. The highest BCUT2D eigenvalue weighted by Gasteiger charge is 2.45. The molecule has 0 aliphatic heterocycles. The molecule has 1 saturated carbocycles. The van der Waals surface area contributed by atoms with E-state index in [-0.39, 0.29) is 5.91 Å². The summed E-state index contributed by atoms with van der Waals surface area (Å²) in [5.74, 6) is 0.0257. The summed E-state index contributed by atoms with van der Waals surface area (Å²) in [5, 5.41) is 8.07. The Morgan fingerprint density at radius 3 is 2.60 bits per heavy atom. The molecule has 1 aliphatic carbocycles. The quantitative estimate of drug-likeness (QED) is 0.797. The molecule has 2 N–H and O–H groups in total. The van der Waals surface area contributed by atoms with Gasteiger partial charge in [0.2, 0.25) is 5.91 Å². The molecule has 0 radical (unpaired) electrons. The second kappa shape index (κ2) is 3.32. The smallest absolute Gasteiger partial charge is 0.245 e. The molecular formula is C10H16N4O. The van der Waals surface area contributed by atoms with E-state index >= 15 is 0 Å². The molecule has 0 unspecified atom stereocenters. The molecule has 0 bridgehead atoms. The average Bonchev–Trinajstić information content (AvgIpc) is 2.50. The molecule has 82 valence electrons. The first-order valence-corrected chi connectivity index (χ1v) is 5.29. The molecule has 2 rings (SSSR count). The van der Waals surface area contributed by atoms with Gasteiger partial charge in [-0.1, -0.05) is 19.1 Å². The molecule has 1 aromatic rings. The first kappa shape index (κ1) is 10.1. The summed E-state index contributed by atoms with van der Waals surface area (Å²) in [7, 11) is 0. The van der Waals surface area contributed by atoms with Crippen molar-refractivity contribution in [1.82, 2.24) is 15.0 Å². The van der Waals surface area contributed by atoms with Gasteiger partial charge in [0.1, 0.15) is 5.54 Å². The van der Waals surface area contributed by atoms with Gasteiger partial charge in [-0.3, -0.25) is 4.79 Å². The predicted molar refractivity (Wildman–Crippen MR) is 55.1 cm³/mol. The van der Waals surface area contributed by atoms with Crippen LogP contribution in [0, 0.1) is 0 Å². The lowest BCUT2D eigenvalue weighted by Crippen LogP contribution is -2.51. The van der Waals surface area contributed by atoms with Crippen LogP contribution in [0.2, 0.25) is 0 Å². The summed E-state index contributed by atoms with van der Waals surface area (Å²) in [4.78, 5) is 11.4. The lowest BCUT2D eigenvalue weighted by molar-refractivity contribution is -0.131. The minimum Gasteiger partial charge on any atom is -0.368 e. The average molecular weight is 208 g/mol. The van der Waals surface area contributed by atoms with Crippen molar-refractivity contribution in [3.63, 3.8) is 0 Å². The number of carbonyl (C=O) groups excluding carboxylic acids is 1. The highest BCUT2D eigenvalue weighted by molar-refractivity contribution is 5.83. The van der Waals surface area contributed by atoms with Crippen LogP contribution >= 0.6 is 0 Å². The van der Waals surface area contributed by atoms with Crippen molar-refractivity contribution < 1.29 is 4.79 Å². The minimum absolute atomic E-state index is 0.297. The topological polar surface area (TPSA) is 73.8 Å². The van der Waals surface area contributed by atoms with Crippen LogP contribution in [0.5, 0.6) is 0 Å². The summed E-state index contributed by atoms with van der Waals surface area (Å²) in [6.07, 6.45) is 4.43. The van der Waals surface area contributed by atoms with Gasteiger partial charge in [-0.05, 0) is 25.2 Å². The maximum absolute atomic E-state index is 11.4. The van der Waals surface area contributed by atoms with Crippen LogP contribution < -0.4 is 5.73 Å². The Bertz CT molecular complexity index is 379. The van der Waals surface area contributed by atoms with Gasteiger partial charge in [0, 0.05) is 6.20 Å². The van der Waals surface area contributed by atoms with Crippen molar-refractivity contribution in [2.45, 2.75) is 44.6 Å². The lowest BCUT2D eigenvalue weighted by atomic mass is 9.76. The molecule has 0 spiro atoms. The Balaban J connectivity index is 2.32. The van der Waals surface area contributed by atoms with Crippen molar-refractivity contribution >= 4 is 5.91 Å². The van der Waals surface area contributed by atoms with Crippen LogP contribution in [0.4, 0.5) is 0 Å². The van der Waals surface area contributed by atoms with Crippen molar-refractivity contribution in [2.75, 3.05) is 0 Å². The van der Waals surface area contributed by atoms with Crippen molar-refractivity contribution in [3.8, 4) is 0 Å². The molecular weight excluding hydrogens is 192 g/mol. The molecule has 0 saturated heterocycles. The number of rotatable bonds is 3. The van der Waals surface area contributed by atoms with E-state index in [0.717, 1.165) is 25.0 Å². The van der Waals surface area contributed by atoms with Gasteiger partial charge >= 0.3 is 0 Å². The van der Waals surface area contributed by atoms with Crippen molar-refractivity contribution in [2.24, 2.45) is 5.73 Å². The van der Waals surface area contributed by atoms with Crippen LogP contribution in [0.1, 0.15) is 44.7 Å². The van der Waals surface area contributed by atoms with Gasteiger partial charge in [0.25, 0.3) is 0 Å². The molecule has 5 heteroatoms. The molecule has 1 aliphatic rings. The molecule has 0 atom stereocenters. The third-order valence-corrected chi connectivity index (χ3v) is 3.18. The number of hydrogen-bond donors (Lipinski definition) is 1. The number of nitrogens with two attached hydrogens (primary N) is 1. The zero-order chi connectivity index (χ0) is 11.1. The Hall–Kier alpha value is -1.39. The van der Waals surface area contributed by atoms with Gasteiger partial charge in [-0.2, -0.15) is 0 Å². The lowest BCUT2D eigenvalue weighted by Gasteiger charge is -2.38. The molecule has 1 amide bonds. The van der Waals surface area contributed by atoms with Crippen LogP contribution in [0.25, 0.3) is 0 Å². The van der Waals surface area contributed by atoms with Gasteiger partial charge in [-0.15, -0.1) is 5.10 Å². The van der Waals surface area contributed by atoms with E-state index in [1.165, 1.54) is 0 Å². The van der Waals surface area contributed by atoms with Gasteiger partial charge in [-0.25, -0.2) is 4.68 Å². The first-order valence-electron chi connectivity index (χ1n) is 5.29. The predicted octanol–water partition coefficient (Wildman–Crippen LogP) is 0.766. The van der Waals surface area contributed by atoms with Crippen LogP contribution in [0.15, 0.2) is 6.20 Å². The number of carbonyl (C=O) groups is 1. The van der Waals surface area contributed by atoms with Crippen LogP contribution in [-0.4, -0.2) is 20.9 Å². The highest BCUT2D eigenvalue weighted by Crippen LogP contribution is 2.38. The standard InChI is InChI=1S/C10H16N4O/c1-7(2)8-6-14(13-12-8)10(9(11)15)4-3-5-10/h6-7H,3-5H2,1-2H3,(H2,11,15). The second-order valence-corrected chi connectivity index (χ2v) is 4.49. The SMILES string of the molecule is CC(C)c1cn(C2(C(N)=O)CCC2)nn1. The normalized spacial score (nSPS) is 18.9. The van der Waals surface area contributed by atoms with Gasteiger partial charge < -0.3 is 5.73 Å². The van der Waals surface area contributed by atoms with Crippen LogP contribution in [0.3, 0.4) is 0 Å². The minimum atomic E-state index is -0.597. The fourth-order valence-corrected chi connectivity index (χ4v) is 1.85. The number of aromatic nitrogens is 3. The maximum Gasteiger partial charge on any atom is 0.245 e. The number of nitrogens with zero attached hydrogens (tertiary/aromatic N) is 3. The number of primary amides is 1. The first-order chi connectivity index (χ1) is 7.06. The van der Waals surface area contributed by atoms with E-state index in [1.807, 2.05) is 20.0 Å². The van der Waals surface area contributed by atoms with E-state index < -0.39 is 5.54 Å². The van der Waals surface area contributed by atoms with E-state index in [9.17, 15) is 4.79 Å². The molecule has 0 aromatic carbocycles. The number of hydrogen-bond acceptors (Lipinski definition) is 3. The Kier molecular flexibility index (Phi) is 2.25. The van der Waals surface area contributed by atoms with Gasteiger partial charge in [0.15, 0.2) is 0 Å². The third-order valence-electron chi connectivity index (χ3n) is 3.18. The van der Waals surface area contributed by atoms with E-state index in [4.69, 9.17) is 5.73 Å². The monoisotopic (exact) mass is 208 g/mol. The van der Waals surface area contributed by atoms with Crippen molar-refractivity contribution in [3.05, 3.63) is 11.9 Å². The fourth-order valence-electron chi connectivity index (χ4n) is 1.85. The van der Waals surface area contributed by atoms with E-state index in [0.29, 0.717) is 5.92 Å². The summed E-state index contributed by atoms with van der Waals surface area (Å²) in [6, 6.07) is 0. The Labute approximate surface area is 88.6 Å². The summed E-state index contributed by atoms with van der Waals surface area (Å²) in [6.45, 7) is 4.10. The van der Waals surface area contributed by atoms with Gasteiger partial charge in [0.05, 0.1) is 5.69 Å². The molecule has 1 heterocycles. The summed E-state index contributed by atoms with van der Waals surface area (Å²) in [5.41, 5.74) is 5.73. The highest BCUT2D eigenvalue weighted by atomic mass is 16.1. The third kappa shape index (κ3) is 1.42. The fraction of sp³-hybridized carbons (Fsp3) is 0.700. The maximum atomic E-state index is 11.4.